The number of ether oxygens (including phenoxy) is 1. The van der Waals surface area contributed by atoms with E-state index in [2.05, 4.69) is 15.1 Å². The van der Waals surface area contributed by atoms with Gasteiger partial charge in [0.05, 0.1) is 12.5 Å². The van der Waals surface area contributed by atoms with Crippen LogP contribution in [-0.2, 0) is 16.0 Å². The Hall–Kier alpha value is -2.28. The average molecular weight is 328 g/mol. The lowest BCUT2D eigenvalue weighted by molar-refractivity contribution is -0.133. The highest BCUT2D eigenvalue weighted by atomic mass is 16.5. The lowest BCUT2D eigenvalue weighted by Gasteiger charge is -2.34. The molecular weight excluding hydrogens is 308 g/mol. The Kier molecular flexibility index (Phi) is 4.02. The van der Waals surface area contributed by atoms with Gasteiger partial charge in [0.1, 0.15) is 6.10 Å². The summed E-state index contributed by atoms with van der Waals surface area (Å²) >= 11 is 0. The Labute approximate surface area is 140 Å². The Balaban J connectivity index is 1.38. The van der Waals surface area contributed by atoms with E-state index in [-0.39, 0.29) is 18.1 Å². The summed E-state index contributed by atoms with van der Waals surface area (Å²) in [7, 11) is 0. The van der Waals surface area contributed by atoms with E-state index in [1.165, 1.54) is 0 Å². The van der Waals surface area contributed by atoms with Crippen molar-refractivity contribution in [2.75, 3.05) is 13.1 Å². The van der Waals surface area contributed by atoms with Crippen molar-refractivity contribution >= 4 is 5.91 Å². The maximum absolute atomic E-state index is 12.5. The first-order valence-corrected chi connectivity index (χ1v) is 8.32. The van der Waals surface area contributed by atoms with Gasteiger partial charge in [-0.25, -0.2) is 0 Å². The molecule has 24 heavy (non-hydrogen) atoms. The monoisotopic (exact) mass is 328 g/mol. The van der Waals surface area contributed by atoms with Gasteiger partial charge in [0.25, 0.3) is 5.89 Å². The van der Waals surface area contributed by atoms with E-state index in [0.717, 1.165) is 31.6 Å². The van der Waals surface area contributed by atoms with E-state index < -0.39 is 0 Å². The van der Waals surface area contributed by atoms with Crippen molar-refractivity contribution in [3.05, 3.63) is 41.8 Å². The molecule has 2 aliphatic rings. The molecule has 0 saturated carbocycles. The number of hydrogen-bond acceptors (Lipinski definition) is 6. The molecule has 1 amide bonds. The molecule has 126 valence electrons. The number of rotatable bonds is 3. The molecule has 3 atom stereocenters. The molecule has 4 rings (SSSR count). The van der Waals surface area contributed by atoms with Crippen molar-refractivity contribution in [2.45, 2.75) is 38.4 Å². The van der Waals surface area contributed by atoms with Gasteiger partial charge in [-0.15, -0.1) is 0 Å². The molecule has 0 spiro atoms. The van der Waals surface area contributed by atoms with Crippen LogP contribution >= 0.6 is 0 Å². The van der Waals surface area contributed by atoms with Crippen LogP contribution in [0.1, 0.15) is 36.4 Å². The third-order valence-corrected chi connectivity index (χ3v) is 4.75. The summed E-state index contributed by atoms with van der Waals surface area (Å²) in [5.41, 5.74) is 0.812. The quantitative estimate of drug-likeness (QED) is 0.853. The number of carbonyl (C=O) groups is 1. The fraction of sp³-hybridized carbons (Fsp3) is 0.529. The third-order valence-electron chi connectivity index (χ3n) is 4.75. The Morgan fingerprint density at radius 3 is 3.08 bits per heavy atom. The number of fused-ring (bicyclic) bond motifs is 1. The van der Waals surface area contributed by atoms with Gasteiger partial charge in [-0.2, -0.15) is 4.98 Å². The van der Waals surface area contributed by atoms with Gasteiger partial charge in [0, 0.05) is 30.9 Å². The number of nitrogens with zero attached hydrogens (tertiary/aromatic N) is 4. The van der Waals surface area contributed by atoms with Crippen molar-refractivity contribution in [3.8, 4) is 0 Å². The SMILES string of the molecule is Cc1noc([C@@H]2C[C@@H]3CN(C(=O)Cc4ccccn4)CC[C@@H]3O2)n1. The van der Waals surface area contributed by atoms with Gasteiger partial charge >= 0.3 is 0 Å². The second-order valence-corrected chi connectivity index (χ2v) is 6.47. The predicted octanol–water partition coefficient (Wildman–Crippen LogP) is 1.69. The molecule has 0 N–H and O–H groups in total. The van der Waals surface area contributed by atoms with Crippen LogP contribution in [0.4, 0.5) is 0 Å². The molecule has 7 nitrogen and oxygen atoms in total. The molecule has 7 heteroatoms. The van der Waals surface area contributed by atoms with Crippen LogP contribution < -0.4 is 0 Å². The number of piperidine rings is 1. The van der Waals surface area contributed by atoms with Crippen LogP contribution in [0, 0.1) is 12.8 Å². The van der Waals surface area contributed by atoms with E-state index in [4.69, 9.17) is 9.26 Å². The molecule has 2 aromatic rings. The zero-order valence-electron chi connectivity index (χ0n) is 13.6. The van der Waals surface area contributed by atoms with Crippen LogP contribution in [-0.4, -0.2) is 45.1 Å². The van der Waals surface area contributed by atoms with Gasteiger partial charge in [-0.3, -0.25) is 9.78 Å². The third kappa shape index (κ3) is 3.03. The summed E-state index contributed by atoms with van der Waals surface area (Å²) in [6, 6.07) is 5.65. The number of likely N-dealkylation sites (tertiary alicyclic amines) is 1. The highest BCUT2D eigenvalue weighted by Gasteiger charge is 2.42. The van der Waals surface area contributed by atoms with E-state index in [1.807, 2.05) is 23.1 Å². The standard InChI is InChI=1S/C17H20N4O3/c1-11-19-17(24-20-11)15-8-12-10-21(7-5-14(12)23-15)16(22)9-13-4-2-3-6-18-13/h2-4,6,12,14-15H,5,7-10H2,1H3/t12-,14+,15+/m1/s1. The van der Waals surface area contributed by atoms with Crippen molar-refractivity contribution in [3.63, 3.8) is 0 Å². The van der Waals surface area contributed by atoms with E-state index in [9.17, 15) is 4.79 Å². The molecule has 2 saturated heterocycles. The molecule has 0 aliphatic carbocycles. The first-order valence-electron chi connectivity index (χ1n) is 8.32. The molecular formula is C17H20N4O3. The second kappa shape index (κ2) is 6.32. The van der Waals surface area contributed by atoms with Crippen LogP contribution in [0.25, 0.3) is 0 Å². The predicted molar refractivity (Wildman–Crippen MR) is 83.9 cm³/mol. The van der Waals surface area contributed by atoms with Crippen molar-refractivity contribution in [1.29, 1.82) is 0 Å². The molecule has 0 unspecified atom stereocenters. The fourth-order valence-electron chi connectivity index (χ4n) is 3.56. The summed E-state index contributed by atoms with van der Waals surface area (Å²) < 4.78 is 11.3. The first-order chi connectivity index (χ1) is 11.7. The minimum Gasteiger partial charge on any atom is -0.365 e. The molecule has 0 bridgehead atoms. The first kappa shape index (κ1) is 15.3. The largest absolute Gasteiger partial charge is 0.365 e. The molecule has 2 aliphatic heterocycles. The molecule has 0 aromatic carbocycles. The van der Waals surface area contributed by atoms with Crippen LogP contribution in [0.5, 0.6) is 0 Å². The zero-order chi connectivity index (χ0) is 16.5. The molecule has 0 radical (unpaired) electrons. The van der Waals surface area contributed by atoms with Gasteiger partial charge in [0.15, 0.2) is 5.82 Å². The van der Waals surface area contributed by atoms with Crippen LogP contribution in [0.2, 0.25) is 0 Å². The Bertz CT molecular complexity index is 718. The smallest absolute Gasteiger partial charge is 0.255 e. The number of aromatic nitrogens is 3. The van der Waals surface area contributed by atoms with Crippen molar-refractivity contribution in [1.82, 2.24) is 20.0 Å². The Morgan fingerprint density at radius 1 is 1.42 bits per heavy atom. The Morgan fingerprint density at radius 2 is 2.33 bits per heavy atom. The summed E-state index contributed by atoms with van der Waals surface area (Å²) in [6.45, 7) is 3.25. The van der Waals surface area contributed by atoms with Gasteiger partial charge in [-0.1, -0.05) is 11.2 Å². The van der Waals surface area contributed by atoms with E-state index in [0.29, 0.717) is 24.1 Å². The maximum Gasteiger partial charge on any atom is 0.255 e. The topological polar surface area (TPSA) is 81.4 Å². The van der Waals surface area contributed by atoms with Crippen molar-refractivity contribution < 1.29 is 14.1 Å². The van der Waals surface area contributed by atoms with Crippen LogP contribution in [0.3, 0.4) is 0 Å². The number of carbonyl (C=O) groups excluding carboxylic acids is 1. The number of hydrogen-bond donors (Lipinski definition) is 0. The van der Waals surface area contributed by atoms with E-state index >= 15 is 0 Å². The molecule has 2 aromatic heterocycles. The summed E-state index contributed by atoms with van der Waals surface area (Å²) in [5, 5.41) is 3.83. The zero-order valence-corrected chi connectivity index (χ0v) is 13.6. The number of pyridine rings is 1. The number of aryl methyl sites for hydroxylation is 1. The molecule has 4 heterocycles. The van der Waals surface area contributed by atoms with Crippen LogP contribution in [0.15, 0.2) is 28.9 Å². The summed E-state index contributed by atoms with van der Waals surface area (Å²) in [4.78, 5) is 22.9. The molecule has 2 fully saturated rings. The van der Waals surface area contributed by atoms with Gasteiger partial charge < -0.3 is 14.2 Å². The highest BCUT2D eigenvalue weighted by molar-refractivity contribution is 5.78. The van der Waals surface area contributed by atoms with Crippen molar-refractivity contribution in [2.24, 2.45) is 5.92 Å². The maximum atomic E-state index is 12.5. The lowest BCUT2D eigenvalue weighted by atomic mass is 9.92. The number of amides is 1. The highest BCUT2D eigenvalue weighted by Crippen LogP contribution is 2.40. The summed E-state index contributed by atoms with van der Waals surface area (Å²) in [5.74, 6) is 1.62. The van der Waals surface area contributed by atoms with Gasteiger partial charge in [0.2, 0.25) is 5.91 Å². The van der Waals surface area contributed by atoms with Gasteiger partial charge in [-0.05, 0) is 31.9 Å². The normalized spacial score (nSPS) is 26.4. The lowest BCUT2D eigenvalue weighted by Crippen LogP contribution is -2.45. The summed E-state index contributed by atoms with van der Waals surface area (Å²) in [6.07, 6.45) is 3.76. The fourth-order valence-corrected chi connectivity index (χ4v) is 3.56. The van der Waals surface area contributed by atoms with E-state index in [1.54, 1.807) is 13.1 Å². The second-order valence-electron chi connectivity index (χ2n) is 6.47. The minimum absolute atomic E-state index is 0.129. The minimum atomic E-state index is -0.146. The average Bonchev–Trinajstić information content (AvgIpc) is 3.20.